The van der Waals surface area contributed by atoms with Gasteiger partial charge in [-0.3, -0.25) is 9.36 Å². The number of thioether (sulfide) groups is 1. The van der Waals surface area contributed by atoms with Gasteiger partial charge in [-0.15, -0.1) is 10.2 Å². The van der Waals surface area contributed by atoms with Crippen molar-refractivity contribution in [2.24, 2.45) is 5.73 Å². The lowest BCUT2D eigenvalue weighted by atomic mass is 10.1. The Morgan fingerprint density at radius 3 is 2.52 bits per heavy atom. The molecule has 31 heavy (non-hydrogen) atoms. The number of hydrogen-bond donors (Lipinski definition) is 1. The highest BCUT2D eigenvalue weighted by molar-refractivity contribution is 7.98. The predicted octanol–water partition coefficient (Wildman–Crippen LogP) is 4.64. The molecule has 3 aromatic carbocycles. The molecule has 0 aliphatic rings. The molecule has 1 aromatic heterocycles. The average Bonchev–Trinajstić information content (AvgIpc) is 3.22. The van der Waals surface area contributed by atoms with E-state index in [1.807, 2.05) is 48.5 Å². The quantitative estimate of drug-likeness (QED) is 0.432. The van der Waals surface area contributed by atoms with Crippen LogP contribution in [-0.4, -0.2) is 27.8 Å². The largest absolute Gasteiger partial charge is 0.497 e. The lowest BCUT2D eigenvalue weighted by Crippen LogP contribution is -2.10. The van der Waals surface area contributed by atoms with Crippen molar-refractivity contribution in [1.29, 1.82) is 0 Å². The summed E-state index contributed by atoms with van der Waals surface area (Å²) in [5.41, 5.74) is 9.97. The third kappa shape index (κ3) is 4.46. The first-order chi connectivity index (χ1) is 15.1. The SMILES string of the molecule is COc1cccc(-c2nnc(SCc3ccc(C(N)=O)cc3)n2-c2ccccc2C)c1. The van der Waals surface area contributed by atoms with Gasteiger partial charge >= 0.3 is 0 Å². The third-order valence-electron chi connectivity index (χ3n) is 4.92. The van der Waals surface area contributed by atoms with Crippen molar-refractivity contribution in [2.75, 3.05) is 7.11 Å². The van der Waals surface area contributed by atoms with Crippen LogP contribution in [0.4, 0.5) is 0 Å². The highest BCUT2D eigenvalue weighted by Crippen LogP contribution is 2.32. The predicted molar refractivity (Wildman–Crippen MR) is 123 cm³/mol. The van der Waals surface area contributed by atoms with Gasteiger partial charge in [-0.25, -0.2) is 0 Å². The Hall–Kier alpha value is -3.58. The minimum absolute atomic E-state index is 0.429. The molecule has 0 aliphatic heterocycles. The summed E-state index contributed by atoms with van der Waals surface area (Å²) >= 11 is 1.59. The third-order valence-corrected chi connectivity index (χ3v) is 5.92. The van der Waals surface area contributed by atoms with Crippen LogP contribution < -0.4 is 10.5 Å². The number of ether oxygens (including phenoxy) is 1. The number of aryl methyl sites for hydroxylation is 1. The number of rotatable bonds is 7. The molecular formula is C24H22N4O2S. The van der Waals surface area contributed by atoms with Crippen LogP contribution in [0.25, 0.3) is 17.1 Å². The number of aromatic nitrogens is 3. The molecule has 156 valence electrons. The number of primary amides is 1. The number of carbonyl (C=O) groups excluding carboxylic acids is 1. The minimum atomic E-state index is -0.429. The van der Waals surface area contributed by atoms with Crippen molar-refractivity contribution in [1.82, 2.24) is 14.8 Å². The molecule has 6 nitrogen and oxygen atoms in total. The first-order valence-corrected chi connectivity index (χ1v) is 10.7. The molecule has 0 atom stereocenters. The highest BCUT2D eigenvalue weighted by Gasteiger charge is 2.18. The number of methoxy groups -OCH3 is 1. The molecule has 4 aromatic rings. The van der Waals surface area contributed by atoms with E-state index in [1.165, 1.54) is 0 Å². The summed E-state index contributed by atoms with van der Waals surface area (Å²) in [6.07, 6.45) is 0. The zero-order chi connectivity index (χ0) is 21.8. The monoisotopic (exact) mass is 430 g/mol. The van der Waals surface area contributed by atoms with E-state index in [2.05, 4.69) is 33.8 Å². The molecule has 7 heteroatoms. The van der Waals surface area contributed by atoms with Crippen LogP contribution in [0.5, 0.6) is 5.75 Å². The van der Waals surface area contributed by atoms with Gasteiger partial charge in [0.05, 0.1) is 12.8 Å². The lowest BCUT2D eigenvalue weighted by Gasteiger charge is -2.13. The topological polar surface area (TPSA) is 83.0 Å². The second-order valence-electron chi connectivity index (χ2n) is 7.01. The number of carbonyl (C=O) groups is 1. The first-order valence-electron chi connectivity index (χ1n) is 9.74. The number of para-hydroxylation sites is 1. The molecule has 0 spiro atoms. The second-order valence-corrected chi connectivity index (χ2v) is 7.95. The van der Waals surface area contributed by atoms with Gasteiger partial charge in [0, 0.05) is 16.9 Å². The molecular weight excluding hydrogens is 408 g/mol. The van der Waals surface area contributed by atoms with Crippen molar-refractivity contribution < 1.29 is 9.53 Å². The molecule has 2 N–H and O–H groups in total. The molecule has 0 unspecified atom stereocenters. The summed E-state index contributed by atoms with van der Waals surface area (Å²) in [5, 5.41) is 9.78. The smallest absolute Gasteiger partial charge is 0.248 e. The van der Waals surface area contributed by atoms with E-state index in [0.29, 0.717) is 11.3 Å². The standard InChI is InChI=1S/C24H22N4O2S/c1-16-6-3-4-9-21(16)28-23(19-7-5-8-20(14-19)30-2)26-27-24(28)31-15-17-10-12-18(13-11-17)22(25)29/h3-14H,15H2,1-2H3,(H2,25,29). The Kier molecular flexibility index (Phi) is 6.04. The summed E-state index contributed by atoms with van der Waals surface area (Å²) in [5.74, 6) is 1.77. The van der Waals surface area contributed by atoms with Gasteiger partial charge in [0.25, 0.3) is 0 Å². The molecule has 0 fully saturated rings. The van der Waals surface area contributed by atoms with Gasteiger partial charge in [0.15, 0.2) is 11.0 Å². The molecule has 0 bridgehead atoms. The number of hydrogen-bond acceptors (Lipinski definition) is 5. The number of nitrogens with zero attached hydrogens (tertiary/aromatic N) is 3. The maximum absolute atomic E-state index is 11.3. The van der Waals surface area contributed by atoms with E-state index in [-0.39, 0.29) is 0 Å². The van der Waals surface area contributed by atoms with Crippen LogP contribution in [0, 0.1) is 6.92 Å². The van der Waals surface area contributed by atoms with E-state index in [9.17, 15) is 4.79 Å². The Morgan fingerprint density at radius 2 is 1.81 bits per heavy atom. The van der Waals surface area contributed by atoms with Gasteiger partial charge in [-0.05, 0) is 48.4 Å². The lowest BCUT2D eigenvalue weighted by molar-refractivity contribution is 0.100. The van der Waals surface area contributed by atoms with E-state index in [4.69, 9.17) is 10.5 Å². The molecule has 1 amide bonds. The fraction of sp³-hybridized carbons (Fsp3) is 0.125. The second kappa shape index (κ2) is 9.06. The zero-order valence-corrected chi connectivity index (χ0v) is 18.1. The summed E-state index contributed by atoms with van der Waals surface area (Å²) in [7, 11) is 1.65. The van der Waals surface area contributed by atoms with Crippen LogP contribution in [0.2, 0.25) is 0 Å². The summed E-state index contributed by atoms with van der Waals surface area (Å²) in [6.45, 7) is 2.07. The summed E-state index contributed by atoms with van der Waals surface area (Å²) in [6, 6.07) is 23.3. The van der Waals surface area contributed by atoms with Crippen molar-refractivity contribution in [3.8, 4) is 22.8 Å². The van der Waals surface area contributed by atoms with Crippen LogP contribution in [0.1, 0.15) is 21.5 Å². The van der Waals surface area contributed by atoms with E-state index < -0.39 is 5.91 Å². The highest BCUT2D eigenvalue weighted by atomic mass is 32.2. The normalized spacial score (nSPS) is 10.8. The van der Waals surface area contributed by atoms with E-state index >= 15 is 0 Å². The molecule has 0 radical (unpaired) electrons. The van der Waals surface area contributed by atoms with E-state index in [1.54, 1.807) is 31.0 Å². The molecule has 0 saturated carbocycles. The number of nitrogens with two attached hydrogens (primary N) is 1. The van der Waals surface area contributed by atoms with Crippen molar-refractivity contribution in [3.63, 3.8) is 0 Å². The molecule has 4 rings (SSSR count). The maximum atomic E-state index is 11.3. The van der Waals surface area contributed by atoms with Crippen LogP contribution in [0.3, 0.4) is 0 Å². The summed E-state index contributed by atoms with van der Waals surface area (Å²) < 4.78 is 7.46. The first kappa shape index (κ1) is 20.7. The van der Waals surface area contributed by atoms with E-state index in [0.717, 1.165) is 39.1 Å². The van der Waals surface area contributed by atoms with Crippen molar-refractivity contribution in [3.05, 3.63) is 89.5 Å². The van der Waals surface area contributed by atoms with Gasteiger partial charge in [-0.2, -0.15) is 0 Å². The van der Waals surface area contributed by atoms with Gasteiger partial charge < -0.3 is 10.5 Å². The molecule has 1 heterocycles. The van der Waals surface area contributed by atoms with Gasteiger partial charge in [-0.1, -0.05) is 54.2 Å². The van der Waals surface area contributed by atoms with Gasteiger partial charge in [0.2, 0.25) is 5.91 Å². The Bertz CT molecular complexity index is 1220. The van der Waals surface area contributed by atoms with Crippen molar-refractivity contribution >= 4 is 17.7 Å². The maximum Gasteiger partial charge on any atom is 0.248 e. The van der Waals surface area contributed by atoms with Crippen LogP contribution in [0.15, 0.2) is 78.0 Å². The minimum Gasteiger partial charge on any atom is -0.497 e. The number of amides is 1. The molecule has 0 saturated heterocycles. The Morgan fingerprint density at radius 1 is 1.03 bits per heavy atom. The Balaban J connectivity index is 1.71. The fourth-order valence-corrected chi connectivity index (χ4v) is 4.16. The summed E-state index contributed by atoms with van der Waals surface area (Å²) in [4.78, 5) is 11.3. The van der Waals surface area contributed by atoms with Crippen LogP contribution >= 0.6 is 11.8 Å². The number of benzene rings is 3. The average molecular weight is 431 g/mol. The molecule has 0 aliphatic carbocycles. The fourth-order valence-electron chi connectivity index (χ4n) is 3.26. The van der Waals surface area contributed by atoms with Gasteiger partial charge in [0.1, 0.15) is 5.75 Å². The Labute approximate surface area is 185 Å². The van der Waals surface area contributed by atoms with Crippen LogP contribution in [-0.2, 0) is 5.75 Å². The zero-order valence-electron chi connectivity index (χ0n) is 17.3. The van der Waals surface area contributed by atoms with Crippen molar-refractivity contribution in [2.45, 2.75) is 17.8 Å².